The summed E-state index contributed by atoms with van der Waals surface area (Å²) < 4.78 is 5.90. The van der Waals surface area contributed by atoms with Crippen LogP contribution in [-0.2, 0) is 9.59 Å². The molecule has 1 aliphatic rings. The second-order valence-corrected chi connectivity index (χ2v) is 8.04. The van der Waals surface area contributed by atoms with Crippen LogP contribution in [0.2, 0.25) is 5.02 Å². The summed E-state index contributed by atoms with van der Waals surface area (Å²) in [6, 6.07) is 17.2. The summed E-state index contributed by atoms with van der Waals surface area (Å²) in [5.74, 6) is 0.856. The molecule has 0 saturated carbocycles. The molecule has 1 aromatic heterocycles. The second-order valence-electron chi connectivity index (χ2n) is 7.61. The average molecular weight is 438 g/mol. The highest BCUT2D eigenvalue weighted by Gasteiger charge is 2.28. The summed E-state index contributed by atoms with van der Waals surface area (Å²) in [6.07, 6.45) is 3.30. The maximum Gasteiger partial charge on any atom is 0.230 e. The highest BCUT2D eigenvalue weighted by molar-refractivity contribution is 6.30. The van der Waals surface area contributed by atoms with Gasteiger partial charge in [0.1, 0.15) is 11.6 Å². The number of amides is 2. The SMILES string of the molecule is O=C(Nc1ccc(Cl)cn1)[C@@H]1CCCN(C(=O)CCOc2cccc3ccccc23)C1. The van der Waals surface area contributed by atoms with Crippen molar-refractivity contribution in [1.29, 1.82) is 0 Å². The molecule has 7 heteroatoms. The predicted octanol–water partition coefficient (Wildman–Crippen LogP) is 4.53. The van der Waals surface area contributed by atoms with Crippen molar-refractivity contribution in [3.63, 3.8) is 0 Å². The maximum atomic E-state index is 12.7. The van der Waals surface area contributed by atoms with E-state index < -0.39 is 0 Å². The first-order valence-electron chi connectivity index (χ1n) is 10.4. The van der Waals surface area contributed by atoms with Crippen molar-refractivity contribution in [1.82, 2.24) is 9.88 Å². The van der Waals surface area contributed by atoms with E-state index in [2.05, 4.69) is 10.3 Å². The van der Waals surface area contributed by atoms with Gasteiger partial charge >= 0.3 is 0 Å². The Balaban J connectivity index is 1.29. The van der Waals surface area contributed by atoms with Crippen LogP contribution >= 0.6 is 11.6 Å². The van der Waals surface area contributed by atoms with Crippen molar-refractivity contribution in [2.45, 2.75) is 19.3 Å². The number of likely N-dealkylation sites (tertiary alicyclic amines) is 1. The molecular weight excluding hydrogens is 414 g/mol. The van der Waals surface area contributed by atoms with Gasteiger partial charge in [-0.2, -0.15) is 0 Å². The molecule has 1 N–H and O–H groups in total. The first-order valence-corrected chi connectivity index (χ1v) is 10.8. The minimum atomic E-state index is -0.255. The topological polar surface area (TPSA) is 71.5 Å². The van der Waals surface area contributed by atoms with Crippen molar-refractivity contribution >= 4 is 40.0 Å². The molecule has 2 heterocycles. The van der Waals surface area contributed by atoms with E-state index in [0.29, 0.717) is 30.5 Å². The summed E-state index contributed by atoms with van der Waals surface area (Å²) in [5, 5.41) is 5.45. The summed E-state index contributed by atoms with van der Waals surface area (Å²) >= 11 is 5.83. The zero-order valence-corrected chi connectivity index (χ0v) is 17.8. The van der Waals surface area contributed by atoms with E-state index in [4.69, 9.17) is 16.3 Å². The number of nitrogens with one attached hydrogen (secondary N) is 1. The number of fused-ring (bicyclic) bond motifs is 1. The van der Waals surface area contributed by atoms with Gasteiger partial charge in [-0.3, -0.25) is 9.59 Å². The van der Waals surface area contributed by atoms with E-state index in [1.807, 2.05) is 42.5 Å². The number of piperidine rings is 1. The number of halogens is 1. The number of benzene rings is 2. The number of carbonyl (C=O) groups excluding carboxylic acids is 2. The van der Waals surface area contributed by atoms with Gasteiger partial charge in [0.05, 0.1) is 24.0 Å². The lowest BCUT2D eigenvalue weighted by molar-refractivity contribution is -0.135. The van der Waals surface area contributed by atoms with E-state index in [-0.39, 0.29) is 24.2 Å². The molecule has 0 aliphatic carbocycles. The molecule has 1 saturated heterocycles. The van der Waals surface area contributed by atoms with E-state index in [1.165, 1.54) is 6.20 Å². The monoisotopic (exact) mass is 437 g/mol. The number of anilines is 1. The zero-order valence-electron chi connectivity index (χ0n) is 17.1. The number of rotatable bonds is 6. The number of nitrogens with zero attached hydrogens (tertiary/aromatic N) is 2. The molecule has 1 atom stereocenters. The Morgan fingerprint density at radius 2 is 1.97 bits per heavy atom. The first-order chi connectivity index (χ1) is 15.1. The van der Waals surface area contributed by atoms with Crippen molar-refractivity contribution in [2.75, 3.05) is 25.0 Å². The Labute approximate surface area is 186 Å². The van der Waals surface area contributed by atoms with Crippen LogP contribution in [-0.4, -0.2) is 41.4 Å². The van der Waals surface area contributed by atoms with Crippen LogP contribution in [0.3, 0.4) is 0 Å². The van der Waals surface area contributed by atoms with Crippen LogP contribution in [0, 0.1) is 5.92 Å². The van der Waals surface area contributed by atoms with Crippen molar-refractivity contribution in [2.24, 2.45) is 5.92 Å². The molecule has 31 heavy (non-hydrogen) atoms. The fraction of sp³-hybridized carbons (Fsp3) is 0.292. The van der Waals surface area contributed by atoms with Crippen LogP contribution < -0.4 is 10.1 Å². The van der Waals surface area contributed by atoms with E-state index >= 15 is 0 Å². The maximum absolute atomic E-state index is 12.7. The molecule has 2 aromatic carbocycles. The number of carbonyl (C=O) groups is 2. The van der Waals surface area contributed by atoms with Crippen LogP contribution in [0.4, 0.5) is 5.82 Å². The zero-order chi connectivity index (χ0) is 21.6. The van der Waals surface area contributed by atoms with Crippen LogP contribution in [0.15, 0.2) is 60.8 Å². The minimum absolute atomic E-state index is 0.00218. The highest BCUT2D eigenvalue weighted by atomic mass is 35.5. The average Bonchev–Trinajstić information content (AvgIpc) is 2.80. The molecule has 0 bridgehead atoms. The normalized spacial score (nSPS) is 16.2. The standard InChI is InChI=1S/C24H24ClN3O3/c25-19-10-11-22(26-15-19)27-24(30)18-7-4-13-28(16-18)23(29)12-14-31-21-9-3-6-17-5-1-2-8-20(17)21/h1-3,5-6,8-11,15,18H,4,7,12-14,16H2,(H,26,27,30)/t18-/m1/s1. The van der Waals surface area contributed by atoms with E-state index in [9.17, 15) is 9.59 Å². The number of aromatic nitrogens is 1. The summed E-state index contributed by atoms with van der Waals surface area (Å²) in [5.41, 5.74) is 0. The van der Waals surface area contributed by atoms with Crippen molar-refractivity contribution < 1.29 is 14.3 Å². The third-order valence-corrected chi connectivity index (χ3v) is 5.67. The highest BCUT2D eigenvalue weighted by Crippen LogP contribution is 2.25. The lowest BCUT2D eigenvalue weighted by Crippen LogP contribution is -2.44. The van der Waals surface area contributed by atoms with Gasteiger partial charge in [0.25, 0.3) is 0 Å². The smallest absolute Gasteiger partial charge is 0.230 e. The molecule has 1 fully saturated rings. The van der Waals surface area contributed by atoms with Gasteiger partial charge in [0, 0.05) is 24.7 Å². The summed E-state index contributed by atoms with van der Waals surface area (Å²) in [6.45, 7) is 1.37. The largest absolute Gasteiger partial charge is 0.492 e. The van der Waals surface area contributed by atoms with E-state index in [1.54, 1.807) is 17.0 Å². The van der Waals surface area contributed by atoms with Gasteiger partial charge in [-0.1, -0.05) is 48.0 Å². The Hall–Kier alpha value is -3.12. The molecular formula is C24H24ClN3O3. The molecule has 0 unspecified atom stereocenters. The third kappa shape index (κ3) is 5.33. The van der Waals surface area contributed by atoms with Gasteiger partial charge < -0.3 is 15.0 Å². The lowest BCUT2D eigenvalue weighted by atomic mass is 9.97. The third-order valence-electron chi connectivity index (χ3n) is 5.45. The Bertz CT molecular complexity index is 1070. The second kappa shape index (κ2) is 9.79. The van der Waals surface area contributed by atoms with Gasteiger partial charge in [-0.15, -0.1) is 0 Å². The Morgan fingerprint density at radius 3 is 2.81 bits per heavy atom. The number of pyridine rings is 1. The fourth-order valence-electron chi connectivity index (χ4n) is 3.82. The summed E-state index contributed by atoms with van der Waals surface area (Å²) in [4.78, 5) is 31.2. The van der Waals surface area contributed by atoms with Crippen molar-refractivity contribution in [3.8, 4) is 5.75 Å². The van der Waals surface area contributed by atoms with Gasteiger partial charge in [0.2, 0.25) is 11.8 Å². The van der Waals surface area contributed by atoms with Crippen LogP contribution in [0.1, 0.15) is 19.3 Å². The van der Waals surface area contributed by atoms with Gasteiger partial charge in [-0.25, -0.2) is 4.98 Å². The molecule has 3 aromatic rings. The number of hydrogen-bond acceptors (Lipinski definition) is 4. The minimum Gasteiger partial charge on any atom is -0.492 e. The molecule has 0 spiro atoms. The number of hydrogen-bond donors (Lipinski definition) is 1. The Morgan fingerprint density at radius 1 is 1.13 bits per heavy atom. The first kappa shape index (κ1) is 21.1. The summed E-state index contributed by atoms with van der Waals surface area (Å²) in [7, 11) is 0. The molecule has 0 radical (unpaired) electrons. The van der Waals surface area contributed by atoms with Gasteiger partial charge in [0.15, 0.2) is 0 Å². The Kier molecular flexibility index (Phi) is 6.67. The molecule has 2 amide bonds. The molecule has 4 rings (SSSR count). The van der Waals surface area contributed by atoms with Crippen LogP contribution in [0.5, 0.6) is 5.75 Å². The molecule has 1 aliphatic heterocycles. The van der Waals surface area contributed by atoms with Crippen LogP contribution in [0.25, 0.3) is 10.8 Å². The quantitative estimate of drug-likeness (QED) is 0.614. The van der Waals surface area contributed by atoms with Gasteiger partial charge in [-0.05, 0) is 36.4 Å². The molecule has 6 nitrogen and oxygen atoms in total. The van der Waals surface area contributed by atoms with E-state index in [0.717, 1.165) is 29.4 Å². The van der Waals surface area contributed by atoms with Crippen molar-refractivity contribution in [3.05, 3.63) is 65.8 Å². The molecule has 160 valence electrons. The number of ether oxygens (including phenoxy) is 1. The lowest BCUT2D eigenvalue weighted by Gasteiger charge is -2.32. The predicted molar refractivity (Wildman–Crippen MR) is 121 cm³/mol. The fourth-order valence-corrected chi connectivity index (χ4v) is 3.94.